The van der Waals surface area contributed by atoms with Crippen LogP contribution in [0.3, 0.4) is 0 Å². The molecule has 0 unspecified atom stereocenters. The molecule has 7 nitrogen and oxygen atoms in total. The third kappa shape index (κ3) is 3.41. The molecule has 8 heteroatoms. The Hall–Kier alpha value is -2.48. The standard InChI is InChI=1S/C18H19N3O4S/c22-15-5-6-16(23)21(15)11-17(24)20-9-7-12(8-10-20)25-18-19-13-3-1-2-4-14(13)26-18/h1-4,12H,5-11H2. The first-order chi connectivity index (χ1) is 12.6. The minimum absolute atomic E-state index is 0.0228. The monoisotopic (exact) mass is 373 g/mol. The molecule has 2 fully saturated rings. The predicted octanol–water partition coefficient (Wildman–Crippen LogP) is 1.82. The molecule has 0 saturated carbocycles. The Morgan fingerprint density at radius 1 is 1.15 bits per heavy atom. The van der Waals surface area contributed by atoms with Crippen LogP contribution in [0.25, 0.3) is 10.2 Å². The van der Waals surface area contributed by atoms with Crippen LogP contribution < -0.4 is 4.74 Å². The van der Waals surface area contributed by atoms with Crippen molar-refractivity contribution in [3.63, 3.8) is 0 Å². The van der Waals surface area contributed by atoms with Gasteiger partial charge in [0.05, 0.1) is 10.2 Å². The number of ether oxygens (including phenoxy) is 1. The lowest BCUT2D eigenvalue weighted by Gasteiger charge is -2.32. The van der Waals surface area contributed by atoms with Gasteiger partial charge in [-0.25, -0.2) is 4.98 Å². The average molecular weight is 373 g/mol. The van der Waals surface area contributed by atoms with E-state index in [1.807, 2.05) is 24.3 Å². The zero-order valence-electron chi connectivity index (χ0n) is 14.2. The highest BCUT2D eigenvalue weighted by Crippen LogP contribution is 2.29. The fourth-order valence-corrected chi connectivity index (χ4v) is 4.18. The summed E-state index contributed by atoms with van der Waals surface area (Å²) in [4.78, 5) is 42.9. The van der Waals surface area contributed by atoms with E-state index in [0.29, 0.717) is 31.1 Å². The van der Waals surface area contributed by atoms with Crippen molar-refractivity contribution in [1.29, 1.82) is 0 Å². The normalized spacial score (nSPS) is 18.8. The minimum Gasteiger partial charge on any atom is -0.467 e. The van der Waals surface area contributed by atoms with Crippen LogP contribution in [0.1, 0.15) is 25.7 Å². The fraction of sp³-hybridized carbons (Fsp3) is 0.444. The number of nitrogens with zero attached hydrogens (tertiary/aromatic N) is 3. The van der Waals surface area contributed by atoms with Crippen LogP contribution in [-0.2, 0) is 14.4 Å². The lowest BCUT2D eigenvalue weighted by Crippen LogP contribution is -2.47. The first-order valence-corrected chi connectivity index (χ1v) is 9.55. The number of hydrogen-bond acceptors (Lipinski definition) is 6. The number of rotatable bonds is 4. The summed E-state index contributed by atoms with van der Waals surface area (Å²) < 4.78 is 7.08. The van der Waals surface area contributed by atoms with Gasteiger partial charge in [0.25, 0.3) is 5.19 Å². The van der Waals surface area contributed by atoms with Crippen molar-refractivity contribution in [3.8, 4) is 5.19 Å². The number of carbonyl (C=O) groups excluding carboxylic acids is 3. The Morgan fingerprint density at radius 2 is 1.85 bits per heavy atom. The van der Waals surface area contributed by atoms with Gasteiger partial charge in [-0.2, -0.15) is 0 Å². The van der Waals surface area contributed by atoms with Gasteiger partial charge in [-0.15, -0.1) is 0 Å². The highest BCUT2D eigenvalue weighted by Gasteiger charge is 2.33. The Kier molecular flexibility index (Phi) is 4.58. The average Bonchev–Trinajstić information content (AvgIpc) is 3.19. The summed E-state index contributed by atoms with van der Waals surface area (Å²) in [6, 6.07) is 7.90. The smallest absolute Gasteiger partial charge is 0.274 e. The van der Waals surface area contributed by atoms with Gasteiger partial charge in [0.2, 0.25) is 17.7 Å². The molecule has 4 rings (SSSR count). The van der Waals surface area contributed by atoms with E-state index >= 15 is 0 Å². The van der Waals surface area contributed by atoms with Crippen molar-refractivity contribution in [2.24, 2.45) is 0 Å². The second-order valence-corrected chi connectivity index (χ2v) is 7.51. The zero-order chi connectivity index (χ0) is 18.1. The molecule has 1 aromatic heterocycles. The fourth-order valence-electron chi connectivity index (χ4n) is 3.30. The molecule has 1 aromatic carbocycles. The molecule has 2 aromatic rings. The number of fused-ring (bicyclic) bond motifs is 1. The lowest BCUT2D eigenvalue weighted by atomic mass is 10.1. The summed E-state index contributed by atoms with van der Waals surface area (Å²) >= 11 is 1.52. The second kappa shape index (κ2) is 7.03. The number of hydrogen-bond donors (Lipinski definition) is 0. The van der Waals surface area contributed by atoms with Gasteiger partial charge >= 0.3 is 0 Å². The molecular formula is C18H19N3O4S. The molecule has 2 aliphatic rings. The summed E-state index contributed by atoms with van der Waals surface area (Å²) in [5, 5.41) is 0.657. The van der Waals surface area contributed by atoms with Crippen molar-refractivity contribution in [2.45, 2.75) is 31.8 Å². The zero-order valence-corrected chi connectivity index (χ0v) is 15.0. The summed E-state index contributed by atoms with van der Waals surface area (Å²) in [5.74, 6) is -0.679. The number of likely N-dealkylation sites (tertiary alicyclic amines) is 2. The van der Waals surface area contributed by atoms with E-state index in [2.05, 4.69) is 4.98 Å². The van der Waals surface area contributed by atoms with Crippen molar-refractivity contribution in [3.05, 3.63) is 24.3 Å². The number of amides is 3. The molecule has 0 N–H and O–H groups in total. The molecule has 0 radical (unpaired) electrons. The van der Waals surface area contributed by atoms with Gasteiger partial charge in [-0.3, -0.25) is 19.3 Å². The van der Waals surface area contributed by atoms with Gasteiger partial charge < -0.3 is 9.64 Å². The first-order valence-electron chi connectivity index (χ1n) is 8.73. The highest BCUT2D eigenvalue weighted by atomic mass is 32.1. The number of piperidine rings is 1. The van der Waals surface area contributed by atoms with Crippen LogP contribution in [-0.4, -0.2) is 58.2 Å². The Balaban J connectivity index is 1.30. The molecule has 0 aliphatic carbocycles. The van der Waals surface area contributed by atoms with E-state index in [9.17, 15) is 14.4 Å². The molecular weight excluding hydrogens is 354 g/mol. The van der Waals surface area contributed by atoms with E-state index in [1.165, 1.54) is 11.3 Å². The van der Waals surface area contributed by atoms with Crippen molar-refractivity contribution in [1.82, 2.24) is 14.8 Å². The van der Waals surface area contributed by atoms with E-state index in [-0.39, 0.29) is 43.2 Å². The van der Waals surface area contributed by atoms with Crippen LogP contribution in [0.5, 0.6) is 5.19 Å². The Bertz CT molecular complexity index is 808. The molecule has 2 aliphatic heterocycles. The number of benzene rings is 1. The number of carbonyl (C=O) groups is 3. The lowest BCUT2D eigenvalue weighted by molar-refractivity contribution is -0.146. The van der Waals surface area contributed by atoms with E-state index in [4.69, 9.17) is 4.74 Å². The molecule has 3 amide bonds. The van der Waals surface area contributed by atoms with Crippen LogP contribution in [0.15, 0.2) is 24.3 Å². The Labute approximate surface area is 154 Å². The molecule has 0 spiro atoms. The quantitative estimate of drug-likeness (QED) is 0.764. The van der Waals surface area contributed by atoms with Crippen molar-refractivity contribution < 1.29 is 19.1 Å². The molecule has 26 heavy (non-hydrogen) atoms. The maximum absolute atomic E-state index is 12.4. The van der Waals surface area contributed by atoms with Crippen LogP contribution >= 0.6 is 11.3 Å². The largest absolute Gasteiger partial charge is 0.467 e. The van der Waals surface area contributed by atoms with Crippen molar-refractivity contribution >= 4 is 39.3 Å². The summed E-state index contributed by atoms with van der Waals surface area (Å²) in [5.41, 5.74) is 0.931. The summed E-state index contributed by atoms with van der Waals surface area (Å²) in [6.45, 7) is 0.982. The molecule has 0 atom stereocenters. The number of aromatic nitrogens is 1. The maximum Gasteiger partial charge on any atom is 0.274 e. The van der Waals surface area contributed by atoms with Gasteiger partial charge in [-0.1, -0.05) is 23.5 Å². The second-order valence-electron chi connectivity index (χ2n) is 6.52. The summed E-state index contributed by atoms with van der Waals surface area (Å²) in [7, 11) is 0. The van der Waals surface area contributed by atoms with E-state index < -0.39 is 0 Å². The summed E-state index contributed by atoms with van der Waals surface area (Å²) in [6.07, 6.45) is 1.87. The Morgan fingerprint density at radius 3 is 2.54 bits per heavy atom. The maximum atomic E-state index is 12.4. The number of para-hydroxylation sites is 1. The van der Waals surface area contributed by atoms with Crippen LogP contribution in [0.4, 0.5) is 0 Å². The van der Waals surface area contributed by atoms with Gasteiger partial charge in [-0.05, 0) is 12.1 Å². The third-order valence-corrected chi connectivity index (χ3v) is 5.71. The first kappa shape index (κ1) is 17.0. The van der Waals surface area contributed by atoms with Crippen LogP contribution in [0, 0.1) is 0 Å². The number of thiazole rings is 1. The number of imide groups is 1. The third-order valence-electron chi connectivity index (χ3n) is 4.78. The minimum atomic E-state index is -0.252. The van der Waals surface area contributed by atoms with Gasteiger partial charge in [0.15, 0.2) is 0 Å². The highest BCUT2D eigenvalue weighted by molar-refractivity contribution is 7.20. The molecule has 136 valence electrons. The molecule has 2 saturated heterocycles. The predicted molar refractivity (Wildman–Crippen MR) is 95.8 cm³/mol. The van der Waals surface area contributed by atoms with Gasteiger partial charge in [0.1, 0.15) is 12.6 Å². The van der Waals surface area contributed by atoms with Gasteiger partial charge in [0, 0.05) is 38.8 Å². The SMILES string of the molecule is O=C(CN1C(=O)CCC1=O)N1CCC(Oc2nc3ccccc3s2)CC1. The van der Waals surface area contributed by atoms with E-state index in [1.54, 1.807) is 4.90 Å². The molecule has 3 heterocycles. The van der Waals surface area contributed by atoms with Crippen molar-refractivity contribution in [2.75, 3.05) is 19.6 Å². The molecule has 0 bridgehead atoms. The van der Waals surface area contributed by atoms with Crippen LogP contribution in [0.2, 0.25) is 0 Å². The topological polar surface area (TPSA) is 79.8 Å². The van der Waals surface area contributed by atoms with E-state index in [0.717, 1.165) is 15.1 Å².